The Bertz CT molecular complexity index is 201. The summed E-state index contributed by atoms with van der Waals surface area (Å²) in [6, 6.07) is 2.07. The number of furan rings is 1. The number of hydrogen-bond acceptors (Lipinski definition) is 1. The van der Waals surface area contributed by atoms with Gasteiger partial charge >= 0.3 is 0 Å². The maximum Gasteiger partial charge on any atom is 0.106 e. The average molecular weight is 182 g/mol. The molecular weight excluding hydrogens is 160 g/mol. The molecule has 1 aromatic heterocycles. The van der Waals surface area contributed by atoms with Gasteiger partial charge in [-0.15, -0.1) is 0 Å². The molecule has 0 spiro atoms. The normalized spacial score (nSPS) is 9.23. The third kappa shape index (κ3) is 4.16. The molecule has 0 unspecified atom stereocenters. The molecular formula is C12H22O. The van der Waals surface area contributed by atoms with E-state index in [1.165, 1.54) is 24.2 Å². The fraction of sp³-hybridized carbons (Fsp3) is 0.667. The molecule has 1 heteroatoms. The van der Waals surface area contributed by atoms with Crippen molar-refractivity contribution in [2.75, 3.05) is 0 Å². The maximum atomic E-state index is 5.36. The van der Waals surface area contributed by atoms with Crippen molar-refractivity contribution in [3.8, 4) is 0 Å². The standard InChI is InChI=1S/C10H16O.C2H6/c1-3-5-6-10-9(4-2)7-8-11-10;1-2/h7-8H,3-6H2,1-2H3;1-2H3. The van der Waals surface area contributed by atoms with Crippen molar-refractivity contribution >= 4 is 0 Å². The lowest BCUT2D eigenvalue weighted by Crippen LogP contribution is -1.86. The van der Waals surface area contributed by atoms with Gasteiger partial charge < -0.3 is 4.42 Å². The monoisotopic (exact) mass is 182 g/mol. The number of hydrogen-bond donors (Lipinski definition) is 0. The zero-order chi connectivity index (χ0) is 10.1. The molecule has 1 heterocycles. The van der Waals surface area contributed by atoms with Crippen LogP contribution in [0.1, 0.15) is 51.9 Å². The smallest absolute Gasteiger partial charge is 0.106 e. The minimum atomic E-state index is 1.09. The molecule has 1 rings (SSSR count). The van der Waals surface area contributed by atoms with Gasteiger partial charge in [-0.1, -0.05) is 34.1 Å². The molecule has 0 atom stereocenters. The first-order valence-corrected chi connectivity index (χ1v) is 5.43. The van der Waals surface area contributed by atoms with E-state index in [1.54, 1.807) is 6.26 Å². The third-order valence-corrected chi connectivity index (χ3v) is 1.98. The summed E-state index contributed by atoms with van der Waals surface area (Å²) in [5, 5.41) is 0. The molecule has 0 fully saturated rings. The first-order valence-electron chi connectivity index (χ1n) is 5.43. The van der Waals surface area contributed by atoms with Gasteiger partial charge in [0.25, 0.3) is 0 Å². The molecule has 0 aliphatic heterocycles. The van der Waals surface area contributed by atoms with E-state index in [-0.39, 0.29) is 0 Å². The molecule has 0 amide bonds. The van der Waals surface area contributed by atoms with Crippen molar-refractivity contribution in [2.45, 2.75) is 53.4 Å². The van der Waals surface area contributed by atoms with Crippen LogP contribution in [0.4, 0.5) is 0 Å². The highest BCUT2D eigenvalue weighted by atomic mass is 16.3. The van der Waals surface area contributed by atoms with Crippen molar-refractivity contribution in [1.82, 2.24) is 0 Å². The number of unbranched alkanes of at least 4 members (excludes halogenated alkanes) is 1. The summed E-state index contributed by atoms with van der Waals surface area (Å²) in [6.45, 7) is 8.37. The van der Waals surface area contributed by atoms with E-state index in [4.69, 9.17) is 4.42 Å². The first kappa shape index (κ1) is 12.3. The van der Waals surface area contributed by atoms with Crippen molar-refractivity contribution in [2.24, 2.45) is 0 Å². The van der Waals surface area contributed by atoms with E-state index >= 15 is 0 Å². The highest BCUT2D eigenvalue weighted by molar-refractivity contribution is 5.16. The zero-order valence-electron chi connectivity index (χ0n) is 9.39. The second-order valence-electron chi connectivity index (χ2n) is 2.83. The SMILES string of the molecule is CC.CCCCc1occc1CC. The van der Waals surface area contributed by atoms with Crippen LogP contribution < -0.4 is 0 Å². The van der Waals surface area contributed by atoms with Gasteiger partial charge in [-0.25, -0.2) is 0 Å². The molecule has 0 aliphatic carbocycles. The van der Waals surface area contributed by atoms with E-state index < -0.39 is 0 Å². The predicted molar refractivity (Wildman–Crippen MR) is 58.0 cm³/mol. The molecule has 0 bridgehead atoms. The highest BCUT2D eigenvalue weighted by Crippen LogP contribution is 2.13. The Hall–Kier alpha value is -0.720. The van der Waals surface area contributed by atoms with Crippen LogP contribution in [0.2, 0.25) is 0 Å². The van der Waals surface area contributed by atoms with Gasteiger partial charge in [0.1, 0.15) is 5.76 Å². The van der Waals surface area contributed by atoms with Crippen molar-refractivity contribution in [1.29, 1.82) is 0 Å². The van der Waals surface area contributed by atoms with E-state index in [0.717, 1.165) is 12.8 Å². The van der Waals surface area contributed by atoms with Gasteiger partial charge in [-0.05, 0) is 24.5 Å². The topological polar surface area (TPSA) is 13.1 Å². The van der Waals surface area contributed by atoms with Crippen LogP contribution >= 0.6 is 0 Å². The van der Waals surface area contributed by atoms with Gasteiger partial charge in [0.2, 0.25) is 0 Å². The van der Waals surface area contributed by atoms with Gasteiger partial charge in [-0.2, -0.15) is 0 Å². The summed E-state index contributed by atoms with van der Waals surface area (Å²) in [5.74, 6) is 1.19. The molecule has 0 N–H and O–H groups in total. The Kier molecular flexibility index (Phi) is 7.47. The first-order chi connectivity index (χ1) is 6.38. The molecule has 0 saturated heterocycles. The van der Waals surface area contributed by atoms with Gasteiger partial charge in [0, 0.05) is 6.42 Å². The fourth-order valence-corrected chi connectivity index (χ4v) is 1.24. The van der Waals surface area contributed by atoms with Gasteiger partial charge in [0.05, 0.1) is 6.26 Å². The maximum absolute atomic E-state index is 5.36. The molecule has 0 aliphatic rings. The number of rotatable bonds is 4. The molecule has 0 radical (unpaired) electrons. The van der Waals surface area contributed by atoms with Crippen molar-refractivity contribution in [3.63, 3.8) is 0 Å². The molecule has 1 aromatic rings. The van der Waals surface area contributed by atoms with Crippen molar-refractivity contribution < 1.29 is 4.42 Å². The molecule has 13 heavy (non-hydrogen) atoms. The second-order valence-corrected chi connectivity index (χ2v) is 2.83. The minimum absolute atomic E-state index is 1.09. The Labute approximate surface area is 82.2 Å². The minimum Gasteiger partial charge on any atom is -0.469 e. The zero-order valence-corrected chi connectivity index (χ0v) is 9.39. The second kappa shape index (κ2) is 7.90. The van der Waals surface area contributed by atoms with Crippen LogP contribution in [0, 0.1) is 0 Å². The lowest BCUT2D eigenvalue weighted by Gasteiger charge is -1.97. The Balaban J connectivity index is 0.000000671. The summed E-state index contributed by atoms with van der Waals surface area (Å²) < 4.78 is 5.36. The van der Waals surface area contributed by atoms with Gasteiger partial charge in [0.15, 0.2) is 0 Å². The van der Waals surface area contributed by atoms with E-state index in [2.05, 4.69) is 19.9 Å². The van der Waals surface area contributed by atoms with Crippen LogP contribution in [0.25, 0.3) is 0 Å². The van der Waals surface area contributed by atoms with Crippen LogP contribution in [-0.4, -0.2) is 0 Å². The predicted octanol–water partition coefficient (Wildman–Crippen LogP) is 4.21. The largest absolute Gasteiger partial charge is 0.469 e. The summed E-state index contributed by atoms with van der Waals surface area (Å²) >= 11 is 0. The number of aryl methyl sites for hydroxylation is 2. The Morgan fingerprint density at radius 3 is 2.46 bits per heavy atom. The van der Waals surface area contributed by atoms with Crippen LogP contribution in [0.15, 0.2) is 16.7 Å². The van der Waals surface area contributed by atoms with Crippen LogP contribution in [0.5, 0.6) is 0 Å². The highest BCUT2D eigenvalue weighted by Gasteiger charge is 2.02. The quantitative estimate of drug-likeness (QED) is 0.679. The summed E-state index contributed by atoms with van der Waals surface area (Å²) in [7, 11) is 0. The lowest BCUT2D eigenvalue weighted by atomic mass is 10.1. The van der Waals surface area contributed by atoms with Crippen LogP contribution in [-0.2, 0) is 12.8 Å². The third-order valence-electron chi connectivity index (χ3n) is 1.98. The fourth-order valence-electron chi connectivity index (χ4n) is 1.24. The van der Waals surface area contributed by atoms with Gasteiger partial charge in [-0.3, -0.25) is 0 Å². The summed E-state index contributed by atoms with van der Waals surface area (Å²) in [5.41, 5.74) is 1.37. The summed E-state index contributed by atoms with van der Waals surface area (Å²) in [6.07, 6.45) is 6.47. The molecule has 1 nitrogen and oxygen atoms in total. The van der Waals surface area contributed by atoms with E-state index in [0.29, 0.717) is 0 Å². The molecule has 76 valence electrons. The van der Waals surface area contributed by atoms with E-state index in [1.807, 2.05) is 13.8 Å². The Morgan fingerprint density at radius 1 is 1.23 bits per heavy atom. The van der Waals surface area contributed by atoms with Crippen LogP contribution in [0.3, 0.4) is 0 Å². The molecule has 0 aromatic carbocycles. The summed E-state index contributed by atoms with van der Waals surface area (Å²) in [4.78, 5) is 0. The lowest BCUT2D eigenvalue weighted by molar-refractivity contribution is 0.496. The average Bonchev–Trinajstić information content (AvgIpc) is 2.65. The Morgan fingerprint density at radius 2 is 1.92 bits per heavy atom. The van der Waals surface area contributed by atoms with E-state index in [9.17, 15) is 0 Å². The molecule has 0 saturated carbocycles. The van der Waals surface area contributed by atoms with Crippen molar-refractivity contribution in [3.05, 3.63) is 23.7 Å².